The van der Waals surface area contributed by atoms with E-state index in [-0.39, 0.29) is 6.10 Å². The molecule has 3 N–H and O–H groups in total. The third-order valence-electron chi connectivity index (χ3n) is 3.55. The monoisotopic (exact) mass is 269 g/mol. The fourth-order valence-electron chi connectivity index (χ4n) is 2.39. The second-order valence-corrected chi connectivity index (χ2v) is 5.18. The molecule has 0 fully saturated rings. The number of aryl methyl sites for hydroxylation is 2. The van der Waals surface area contributed by atoms with Crippen LogP contribution < -0.4 is 5.73 Å². The van der Waals surface area contributed by atoms with Gasteiger partial charge in [-0.15, -0.1) is 0 Å². The van der Waals surface area contributed by atoms with E-state index in [9.17, 15) is 5.11 Å². The van der Waals surface area contributed by atoms with Crippen LogP contribution in [0.4, 0.5) is 0 Å². The molecule has 2 rings (SSSR count). The fourth-order valence-corrected chi connectivity index (χ4v) is 2.39. The molecule has 0 bridgehead atoms. The molecule has 0 saturated heterocycles. The zero-order chi connectivity index (χ0) is 14.2. The van der Waals surface area contributed by atoms with E-state index in [1.165, 1.54) is 11.1 Å². The minimum Gasteiger partial charge on any atom is -0.388 e. The van der Waals surface area contributed by atoms with E-state index in [1.807, 2.05) is 30.3 Å². The first kappa shape index (κ1) is 14.8. The van der Waals surface area contributed by atoms with Crippen molar-refractivity contribution in [1.82, 2.24) is 0 Å². The Morgan fingerprint density at radius 1 is 0.900 bits per heavy atom. The first-order valence-electron chi connectivity index (χ1n) is 7.30. The van der Waals surface area contributed by atoms with Crippen molar-refractivity contribution in [1.29, 1.82) is 0 Å². The molecule has 106 valence electrons. The summed E-state index contributed by atoms with van der Waals surface area (Å²) < 4.78 is 0. The van der Waals surface area contributed by atoms with Gasteiger partial charge in [0.2, 0.25) is 0 Å². The van der Waals surface area contributed by atoms with Crippen LogP contribution in [0.2, 0.25) is 0 Å². The Morgan fingerprint density at radius 2 is 1.60 bits per heavy atom. The Labute approximate surface area is 121 Å². The molecule has 2 aromatic carbocycles. The van der Waals surface area contributed by atoms with Gasteiger partial charge in [0.25, 0.3) is 0 Å². The van der Waals surface area contributed by atoms with Crippen LogP contribution in [0.25, 0.3) is 0 Å². The number of nitrogens with two attached hydrogens (primary N) is 1. The normalized spacial score (nSPS) is 12.3. The van der Waals surface area contributed by atoms with Gasteiger partial charge < -0.3 is 10.8 Å². The van der Waals surface area contributed by atoms with Crippen molar-refractivity contribution in [3.05, 3.63) is 71.3 Å². The third kappa shape index (κ3) is 4.48. The second kappa shape index (κ2) is 7.83. The molecular weight excluding hydrogens is 246 g/mol. The quantitative estimate of drug-likeness (QED) is 0.810. The molecule has 0 spiro atoms. The number of aliphatic hydroxyl groups is 1. The molecule has 2 heteroatoms. The maximum atomic E-state index is 10.2. The van der Waals surface area contributed by atoms with Crippen LogP contribution in [0.15, 0.2) is 54.6 Å². The summed E-state index contributed by atoms with van der Waals surface area (Å²) in [4.78, 5) is 0. The Morgan fingerprint density at radius 3 is 2.30 bits per heavy atom. The first-order chi connectivity index (χ1) is 9.79. The number of benzene rings is 2. The largest absolute Gasteiger partial charge is 0.388 e. The van der Waals surface area contributed by atoms with Gasteiger partial charge in [-0.05, 0) is 48.9 Å². The summed E-state index contributed by atoms with van der Waals surface area (Å²) in [5.74, 6) is 0. The van der Waals surface area contributed by atoms with E-state index in [1.54, 1.807) is 0 Å². The molecule has 2 aromatic rings. The van der Waals surface area contributed by atoms with Crippen molar-refractivity contribution in [2.75, 3.05) is 6.54 Å². The molecule has 0 saturated carbocycles. The number of hydrogen-bond donors (Lipinski definition) is 2. The summed E-state index contributed by atoms with van der Waals surface area (Å²) in [6, 6.07) is 18.4. The van der Waals surface area contributed by atoms with Gasteiger partial charge in [-0.3, -0.25) is 0 Å². The predicted octanol–water partition coefficient (Wildman–Crippen LogP) is 3.24. The summed E-state index contributed by atoms with van der Waals surface area (Å²) in [7, 11) is 0. The zero-order valence-corrected chi connectivity index (χ0v) is 11.8. The van der Waals surface area contributed by atoms with Crippen LogP contribution in [0.5, 0.6) is 0 Å². The highest BCUT2D eigenvalue weighted by Gasteiger charge is 2.07. The summed E-state index contributed by atoms with van der Waals surface area (Å²) in [6.45, 7) is 0.733. The minimum absolute atomic E-state index is 0.385. The zero-order valence-electron chi connectivity index (χ0n) is 11.8. The van der Waals surface area contributed by atoms with Gasteiger partial charge in [0.15, 0.2) is 0 Å². The van der Waals surface area contributed by atoms with Crippen LogP contribution in [0.1, 0.15) is 35.6 Å². The van der Waals surface area contributed by atoms with E-state index in [2.05, 4.69) is 24.3 Å². The van der Waals surface area contributed by atoms with Gasteiger partial charge in [-0.2, -0.15) is 0 Å². The van der Waals surface area contributed by atoms with Crippen molar-refractivity contribution < 1.29 is 5.11 Å². The molecule has 0 amide bonds. The summed E-state index contributed by atoms with van der Waals surface area (Å²) in [6.07, 6.45) is 3.32. The topological polar surface area (TPSA) is 46.2 Å². The van der Waals surface area contributed by atoms with Gasteiger partial charge in [0.1, 0.15) is 0 Å². The van der Waals surface area contributed by atoms with E-state index in [0.29, 0.717) is 0 Å². The van der Waals surface area contributed by atoms with Gasteiger partial charge in [-0.1, -0.05) is 54.6 Å². The Bertz CT molecular complexity index is 510. The minimum atomic E-state index is -0.385. The number of hydrogen-bond acceptors (Lipinski definition) is 2. The highest BCUT2D eigenvalue weighted by Crippen LogP contribution is 2.19. The molecule has 0 aromatic heterocycles. The van der Waals surface area contributed by atoms with Crippen LogP contribution in [-0.4, -0.2) is 11.7 Å². The molecular formula is C18H23NO. The smallest absolute Gasteiger partial charge is 0.0793 e. The van der Waals surface area contributed by atoms with Crippen molar-refractivity contribution in [2.45, 2.75) is 31.8 Å². The maximum absolute atomic E-state index is 10.2. The molecule has 0 aliphatic carbocycles. The lowest BCUT2D eigenvalue weighted by molar-refractivity contribution is 0.168. The number of aliphatic hydroxyl groups excluding tert-OH is 1. The summed E-state index contributed by atoms with van der Waals surface area (Å²) in [5, 5.41) is 10.2. The predicted molar refractivity (Wildman–Crippen MR) is 83.5 cm³/mol. The average Bonchev–Trinajstić information content (AvgIpc) is 2.52. The molecule has 0 heterocycles. The highest BCUT2D eigenvalue weighted by molar-refractivity contribution is 5.24. The lowest BCUT2D eigenvalue weighted by atomic mass is 9.99. The lowest BCUT2D eigenvalue weighted by Gasteiger charge is -2.11. The lowest BCUT2D eigenvalue weighted by Crippen LogP contribution is -2.01. The molecule has 0 radical (unpaired) electrons. The standard InChI is InChI=1S/C18H23NO/c19-13-5-8-15-6-4-7-16(14-15)11-12-18(20)17-9-2-1-3-10-17/h1-4,6-7,9-10,14,18,20H,5,8,11-13,19H2. The average molecular weight is 269 g/mol. The summed E-state index contributed by atoms with van der Waals surface area (Å²) >= 11 is 0. The highest BCUT2D eigenvalue weighted by atomic mass is 16.3. The first-order valence-corrected chi connectivity index (χ1v) is 7.30. The third-order valence-corrected chi connectivity index (χ3v) is 3.55. The van der Waals surface area contributed by atoms with Crippen molar-refractivity contribution in [3.8, 4) is 0 Å². The van der Waals surface area contributed by atoms with Crippen molar-refractivity contribution in [3.63, 3.8) is 0 Å². The van der Waals surface area contributed by atoms with Gasteiger partial charge in [0.05, 0.1) is 6.10 Å². The van der Waals surface area contributed by atoms with Crippen LogP contribution >= 0.6 is 0 Å². The Hall–Kier alpha value is -1.64. The molecule has 1 atom stereocenters. The van der Waals surface area contributed by atoms with E-state index in [4.69, 9.17) is 5.73 Å². The van der Waals surface area contributed by atoms with E-state index in [0.717, 1.165) is 37.8 Å². The van der Waals surface area contributed by atoms with Crippen LogP contribution in [0.3, 0.4) is 0 Å². The second-order valence-electron chi connectivity index (χ2n) is 5.18. The Balaban J connectivity index is 1.90. The van der Waals surface area contributed by atoms with Crippen molar-refractivity contribution >= 4 is 0 Å². The van der Waals surface area contributed by atoms with Crippen molar-refractivity contribution in [2.24, 2.45) is 5.73 Å². The van der Waals surface area contributed by atoms with E-state index >= 15 is 0 Å². The molecule has 0 aliphatic heterocycles. The van der Waals surface area contributed by atoms with E-state index < -0.39 is 0 Å². The number of rotatable bonds is 7. The van der Waals surface area contributed by atoms with Crippen LogP contribution in [-0.2, 0) is 12.8 Å². The van der Waals surface area contributed by atoms with Gasteiger partial charge >= 0.3 is 0 Å². The molecule has 20 heavy (non-hydrogen) atoms. The molecule has 1 unspecified atom stereocenters. The molecule has 2 nitrogen and oxygen atoms in total. The fraction of sp³-hybridized carbons (Fsp3) is 0.333. The summed E-state index contributed by atoms with van der Waals surface area (Å²) in [5.41, 5.74) is 9.16. The maximum Gasteiger partial charge on any atom is 0.0793 e. The molecule has 0 aliphatic rings. The van der Waals surface area contributed by atoms with Gasteiger partial charge in [-0.25, -0.2) is 0 Å². The Kier molecular flexibility index (Phi) is 5.78. The SMILES string of the molecule is NCCCc1cccc(CCC(O)c2ccccc2)c1. The van der Waals surface area contributed by atoms with Crippen LogP contribution in [0, 0.1) is 0 Å². The van der Waals surface area contributed by atoms with Gasteiger partial charge in [0, 0.05) is 0 Å².